The molecule has 2 rings (SSSR count). The molecule has 0 aliphatic carbocycles. The Morgan fingerprint density at radius 1 is 1.37 bits per heavy atom. The summed E-state index contributed by atoms with van der Waals surface area (Å²) in [6, 6.07) is 4.95. The fraction of sp³-hybridized carbons (Fsp3) is 0.417. The summed E-state index contributed by atoms with van der Waals surface area (Å²) in [6.07, 6.45) is 1.78. The number of nitrogens with one attached hydrogen (secondary N) is 1. The minimum Gasteiger partial charge on any atom is -0.325 e. The van der Waals surface area contributed by atoms with Crippen molar-refractivity contribution >= 4 is 49.0 Å². The lowest BCUT2D eigenvalue weighted by Gasteiger charge is -2.21. The molecule has 1 amide bonds. The van der Waals surface area contributed by atoms with E-state index in [-0.39, 0.29) is 5.75 Å². The largest absolute Gasteiger partial charge is 0.325 e. The van der Waals surface area contributed by atoms with Crippen molar-refractivity contribution in [1.29, 1.82) is 0 Å². The van der Waals surface area contributed by atoms with Gasteiger partial charge in [0.25, 0.3) is 0 Å². The summed E-state index contributed by atoms with van der Waals surface area (Å²) in [5.74, 6) is -0.385. The van der Waals surface area contributed by atoms with Crippen molar-refractivity contribution < 1.29 is 13.2 Å². The highest BCUT2D eigenvalue weighted by molar-refractivity contribution is 9.10. The smallest absolute Gasteiger partial charge is 0.242 e. The molecule has 0 bridgehead atoms. The normalized spacial score (nSPS) is 21.9. The molecule has 1 atom stereocenters. The highest BCUT2D eigenvalue weighted by Crippen LogP contribution is 2.26. The van der Waals surface area contributed by atoms with Crippen molar-refractivity contribution in [3.05, 3.63) is 27.7 Å². The van der Waals surface area contributed by atoms with E-state index in [0.717, 1.165) is 10.9 Å². The highest BCUT2D eigenvalue weighted by Gasteiger charge is 2.34. The zero-order chi connectivity index (χ0) is 14.0. The Kier molecular flexibility index (Phi) is 4.53. The standard InChI is InChI=1S/C12H13BrClNO3S/c13-9-5-4-8(7-10(9)14)15-12(16)11-3-1-2-6-19(11,17)18/h4-5,7,11H,1-3,6H2,(H,15,16). The molecule has 1 aromatic carbocycles. The van der Waals surface area contributed by atoms with Crippen LogP contribution in [0.4, 0.5) is 5.69 Å². The Morgan fingerprint density at radius 3 is 2.74 bits per heavy atom. The number of carbonyl (C=O) groups excluding carboxylic acids is 1. The van der Waals surface area contributed by atoms with Crippen LogP contribution in [-0.4, -0.2) is 25.3 Å². The second-order valence-electron chi connectivity index (χ2n) is 4.47. The van der Waals surface area contributed by atoms with Gasteiger partial charge in [-0.3, -0.25) is 4.79 Å². The van der Waals surface area contributed by atoms with Crippen molar-refractivity contribution in [1.82, 2.24) is 0 Å². The SMILES string of the molecule is O=C(Nc1ccc(Br)c(Cl)c1)C1CCCCS1(=O)=O. The first-order valence-electron chi connectivity index (χ1n) is 5.87. The molecule has 0 saturated carbocycles. The maximum Gasteiger partial charge on any atom is 0.242 e. The molecular formula is C12H13BrClNO3S. The third kappa shape index (κ3) is 3.49. The van der Waals surface area contributed by atoms with Gasteiger partial charge in [-0.1, -0.05) is 18.0 Å². The maximum atomic E-state index is 12.0. The molecule has 1 saturated heterocycles. The number of anilines is 1. The molecule has 0 aromatic heterocycles. The number of benzene rings is 1. The van der Waals surface area contributed by atoms with Crippen LogP contribution in [0.3, 0.4) is 0 Å². The molecule has 1 aliphatic heterocycles. The van der Waals surface area contributed by atoms with Gasteiger partial charge in [0, 0.05) is 10.2 Å². The summed E-state index contributed by atoms with van der Waals surface area (Å²) >= 11 is 9.17. The van der Waals surface area contributed by atoms with Gasteiger partial charge in [-0.25, -0.2) is 8.42 Å². The average Bonchev–Trinajstić information content (AvgIpc) is 2.33. The fourth-order valence-corrected chi connectivity index (χ4v) is 4.27. The van der Waals surface area contributed by atoms with Gasteiger partial charge in [-0.15, -0.1) is 0 Å². The van der Waals surface area contributed by atoms with Crippen molar-refractivity contribution in [2.24, 2.45) is 0 Å². The number of amides is 1. The molecule has 1 N–H and O–H groups in total. The molecular weight excluding hydrogens is 354 g/mol. The second-order valence-corrected chi connectivity index (χ2v) is 8.03. The van der Waals surface area contributed by atoms with Crippen LogP contribution in [0.1, 0.15) is 19.3 Å². The van der Waals surface area contributed by atoms with E-state index in [1.165, 1.54) is 0 Å². The lowest BCUT2D eigenvalue weighted by atomic mass is 10.2. The first-order chi connectivity index (χ1) is 8.90. The van der Waals surface area contributed by atoms with Crippen LogP contribution >= 0.6 is 27.5 Å². The van der Waals surface area contributed by atoms with Gasteiger partial charge in [0.15, 0.2) is 9.84 Å². The fourth-order valence-electron chi connectivity index (χ4n) is 2.05. The molecule has 4 nitrogen and oxygen atoms in total. The summed E-state index contributed by atoms with van der Waals surface area (Å²) in [5.41, 5.74) is 0.499. The van der Waals surface area contributed by atoms with Crippen LogP contribution in [0.5, 0.6) is 0 Å². The second kappa shape index (κ2) is 5.81. The summed E-state index contributed by atoms with van der Waals surface area (Å²) in [6.45, 7) is 0. The lowest BCUT2D eigenvalue weighted by molar-refractivity contribution is -0.116. The monoisotopic (exact) mass is 365 g/mol. The number of carbonyl (C=O) groups is 1. The summed E-state index contributed by atoms with van der Waals surface area (Å²) < 4.78 is 24.4. The van der Waals surface area contributed by atoms with Crippen LogP contribution in [-0.2, 0) is 14.6 Å². The molecule has 19 heavy (non-hydrogen) atoms. The van der Waals surface area contributed by atoms with Gasteiger partial charge in [0.05, 0.1) is 10.8 Å². The minimum atomic E-state index is -3.32. The summed E-state index contributed by atoms with van der Waals surface area (Å²) in [5, 5.41) is 2.13. The molecule has 0 spiro atoms. The van der Waals surface area contributed by atoms with Crippen LogP contribution in [0, 0.1) is 0 Å². The summed E-state index contributed by atoms with van der Waals surface area (Å²) in [7, 11) is -3.32. The molecule has 1 aromatic rings. The Hall–Kier alpha value is -0.590. The third-order valence-electron chi connectivity index (χ3n) is 3.06. The Balaban J connectivity index is 2.14. The van der Waals surface area contributed by atoms with Gasteiger partial charge in [0.2, 0.25) is 5.91 Å². The maximum absolute atomic E-state index is 12.0. The highest BCUT2D eigenvalue weighted by atomic mass is 79.9. The average molecular weight is 367 g/mol. The summed E-state index contributed by atoms with van der Waals surface area (Å²) in [4.78, 5) is 12.0. The lowest BCUT2D eigenvalue weighted by Crippen LogP contribution is -2.39. The van der Waals surface area contributed by atoms with Gasteiger partial charge in [-0.2, -0.15) is 0 Å². The molecule has 1 fully saturated rings. The van der Waals surface area contributed by atoms with E-state index >= 15 is 0 Å². The zero-order valence-corrected chi connectivity index (χ0v) is 13.2. The Bertz CT molecular complexity index is 603. The van der Waals surface area contributed by atoms with Crippen molar-refractivity contribution in [3.8, 4) is 0 Å². The van der Waals surface area contributed by atoms with Crippen molar-refractivity contribution in [3.63, 3.8) is 0 Å². The molecule has 0 radical (unpaired) electrons. The predicted molar refractivity (Wildman–Crippen MR) is 79.2 cm³/mol. The first-order valence-corrected chi connectivity index (χ1v) is 8.76. The molecule has 1 heterocycles. The Morgan fingerprint density at radius 2 is 2.11 bits per heavy atom. The Labute approximate surface area is 125 Å². The van der Waals surface area contributed by atoms with E-state index in [1.54, 1.807) is 18.2 Å². The van der Waals surface area contributed by atoms with Gasteiger partial charge < -0.3 is 5.32 Å². The van der Waals surface area contributed by atoms with Gasteiger partial charge in [-0.05, 0) is 47.0 Å². The van der Waals surface area contributed by atoms with Crippen LogP contribution in [0.15, 0.2) is 22.7 Å². The first kappa shape index (κ1) is 14.8. The number of halogens is 2. The minimum absolute atomic E-state index is 0.0895. The van der Waals surface area contributed by atoms with E-state index in [2.05, 4.69) is 21.2 Å². The van der Waals surface area contributed by atoms with Crippen LogP contribution in [0.25, 0.3) is 0 Å². The zero-order valence-electron chi connectivity index (χ0n) is 10.0. The van der Waals surface area contributed by atoms with Crippen LogP contribution in [0.2, 0.25) is 5.02 Å². The quantitative estimate of drug-likeness (QED) is 0.875. The van der Waals surface area contributed by atoms with E-state index in [4.69, 9.17) is 11.6 Å². The molecule has 104 valence electrons. The third-order valence-corrected chi connectivity index (χ3v) is 6.47. The number of sulfone groups is 1. The van der Waals surface area contributed by atoms with E-state index in [1.807, 2.05) is 0 Å². The predicted octanol–water partition coefficient (Wildman–Crippen LogP) is 3.01. The van der Waals surface area contributed by atoms with Crippen molar-refractivity contribution in [2.45, 2.75) is 24.5 Å². The topological polar surface area (TPSA) is 63.2 Å². The molecule has 1 aliphatic rings. The van der Waals surface area contributed by atoms with E-state index in [9.17, 15) is 13.2 Å². The van der Waals surface area contributed by atoms with Gasteiger partial charge >= 0.3 is 0 Å². The number of rotatable bonds is 2. The van der Waals surface area contributed by atoms with Crippen LogP contribution < -0.4 is 5.32 Å². The number of hydrogen-bond acceptors (Lipinski definition) is 3. The van der Waals surface area contributed by atoms with E-state index < -0.39 is 21.0 Å². The van der Waals surface area contributed by atoms with E-state index in [0.29, 0.717) is 23.6 Å². The van der Waals surface area contributed by atoms with Crippen molar-refractivity contribution in [2.75, 3.05) is 11.1 Å². The van der Waals surface area contributed by atoms with Gasteiger partial charge in [0.1, 0.15) is 5.25 Å². The molecule has 7 heteroatoms. The molecule has 1 unspecified atom stereocenters. The number of hydrogen-bond donors (Lipinski definition) is 1.